The molecule has 6 N–H and O–H groups in total. The lowest BCUT2D eigenvalue weighted by molar-refractivity contribution is 0.285. The molecule has 0 fully saturated rings. The average molecular weight is 268 g/mol. The summed E-state index contributed by atoms with van der Waals surface area (Å²) in [6.45, 7) is 7.00. The minimum Gasteiger partial charge on any atom is -0.329 e. The fraction of sp³-hybridized carbons (Fsp3) is 1.00. The Morgan fingerprint density at radius 3 is 2.24 bits per heavy atom. The molecule has 0 saturated heterocycles. The van der Waals surface area contributed by atoms with E-state index in [0.29, 0.717) is 19.6 Å². The van der Waals surface area contributed by atoms with Crippen molar-refractivity contribution in [1.82, 2.24) is 15.5 Å². The Morgan fingerprint density at radius 1 is 1.18 bits per heavy atom. The van der Waals surface area contributed by atoms with Gasteiger partial charge in [-0.1, -0.05) is 6.92 Å². The first-order chi connectivity index (χ1) is 7.99. The summed E-state index contributed by atoms with van der Waals surface area (Å²) >= 11 is 0. The van der Waals surface area contributed by atoms with Crippen molar-refractivity contribution in [3.05, 3.63) is 0 Å². The Bertz CT molecular complexity index is 224. The van der Waals surface area contributed by atoms with Gasteiger partial charge in [0.25, 0.3) is 0 Å². The van der Waals surface area contributed by atoms with Gasteiger partial charge in [-0.3, -0.25) is 9.46 Å². The Labute approximate surface area is 103 Å². The summed E-state index contributed by atoms with van der Waals surface area (Å²) in [6.07, 6.45) is -0.170. The highest BCUT2D eigenvalue weighted by molar-refractivity contribution is 7.51. The molecule has 0 radical (unpaired) electrons. The maximum absolute atomic E-state index is 10.8. The zero-order chi connectivity index (χ0) is 13.1. The van der Waals surface area contributed by atoms with E-state index in [1.165, 1.54) is 0 Å². The SMILES string of the molecule is CCN(CCNCCNCCN)CP(=O)(O)O. The molecule has 0 aliphatic carbocycles. The molecular formula is C9H25N4O3P. The molecular weight excluding hydrogens is 243 g/mol. The number of hydrogen-bond donors (Lipinski definition) is 5. The highest BCUT2D eigenvalue weighted by atomic mass is 31.2. The zero-order valence-electron chi connectivity index (χ0n) is 10.4. The van der Waals surface area contributed by atoms with Gasteiger partial charge >= 0.3 is 7.60 Å². The Morgan fingerprint density at radius 2 is 1.76 bits per heavy atom. The summed E-state index contributed by atoms with van der Waals surface area (Å²) in [5, 5.41) is 6.35. The van der Waals surface area contributed by atoms with Gasteiger partial charge in [0, 0.05) is 39.3 Å². The Balaban J connectivity index is 3.47. The molecule has 0 spiro atoms. The molecule has 0 aromatic carbocycles. The fourth-order valence-corrected chi connectivity index (χ4v) is 2.22. The van der Waals surface area contributed by atoms with Gasteiger partial charge < -0.3 is 26.2 Å². The summed E-state index contributed by atoms with van der Waals surface area (Å²) in [5.74, 6) is 0. The maximum Gasteiger partial charge on any atom is 0.339 e. The number of nitrogens with two attached hydrogens (primary N) is 1. The minimum atomic E-state index is -3.94. The number of likely N-dealkylation sites (N-methyl/N-ethyl adjacent to an activating group) is 1. The fourth-order valence-electron chi connectivity index (χ4n) is 1.36. The van der Waals surface area contributed by atoms with Crippen LogP contribution in [0, 0.1) is 0 Å². The van der Waals surface area contributed by atoms with Gasteiger partial charge in [-0.15, -0.1) is 0 Å². The third kappa shape index (κ3) is 12.2. The lowest BCUT2D eigenvalue weighted by atomic mass is 10.5. The van der Waals surface area contributed by atoms with Crippen LogP contribution < -0.4 is 16.4 Å². The van der Waals surface area contributed by atoms with Crippen molar-refractivity contribution >= 4 is 7.60 Å². The topological polar surface area (TPSA) is 111 Å². The largest absolute Gasteiger partial charge is 0.339 e. The van der Waals surface area contributed by atoms with Crippen LogP contribution in [-0.4, -0.2) is 66.8 Å². The van der Waals surface area contributed by atoms with Crippen LogP contribution in [0.4, 0.5) is 0 Å². The average Bonchev–Trinajstić information content (AvgIpc) is 2.24. The van der Waals surface area contributed by atoms with E-state index in [1.54, 1.807) is 4.90 Å². The van der Waals surface area contributed by atoms with E-state index in [2.05, 4.69) is 10.6 Å². The van der Waals surface area contributed by atoms with E-state index in [4.69, 9.17) is 15.5 Å². The van der Waals surface area contributed by atoms with Gasteiger partial charge in [-0.05, 0) is 6.54 Å². The molecule has 0 aromatic heterocycles. The summed E-state index contributed by atoms with van der Waals surface area (Å²) in [7, 11) is -3.94. The quantitative estimate of drug-likeness (QED) is 0.231. The molecule has 17 heavy (non-hydrogen) atoms. The van der Waals surface area contributed by atoms with Crippen molar-refractivity contribution in [2.45, 2.75) is 6.92 Å². The molecule has 104 valence electrons. The van der Waals surface area contributed by atoms with Crippen LogP contribution in [0.5, 0.6) is 0 Å². The van der Waals surface area contributed by atoms with E-state index in [0.717, 1.165) is 26.2 Å². The summed E-state index contributed by atoms with van der Waals surface area (Å²) in [4.78, 5) is 19.4. The van der Waals surface area contributed by atoms with Crippen molar-refractivity contribution in [3.8, 4) is 0 Å². The zero-order valence-corrected chi connectivity index (χ0v) is 11.3. The first-order valence-electron chi connectivity index (χ1n) is 5.88. The molecule has 0 aliphatic heterocycles. The van der Waals surface area contributed by atoms with Crippen LogP contribution in [-0.2, 0) is 4.57 Å². The molecule has 7 nitrogen and oxygen atoms in total. The summed E-state index contributed by atoms with van der Waals surface area (Å²) in [5.41, 5.74) is 5.32. The molecule has 0 aromatic rings. The lowest BCUT2D eigenvalue weighted by Gasteiger charge is -2.20. The lowest BCUT2D eigenvalue weighted by Crippen LogP contribution is -2.36. The third-order valence-electron chi connectivity index (χ3n) is 2.24. The molecule has 0 unspecified atom stereocenters. The molecule has 0 bridgehead atoms. The Hall–Kier alpha value is -0.0100. The predicted octanol–water partition coefficient (Wildman–Crippen LogP) is -1.42. The van der Waals surface area contributed by atoms with Crippen molar-refractivity contribution in [2.24, 2.45) is 5.73 Å². The molecule has 0 rings (SSSR count). The molecule has 0 heterocycles. The molecule has 0 atom stereocenters. The van der Waals surface area contributed by atoms with Crippen LogP contribution in [0.2, 0.25) is 0 Å². The van der Waals surface area contributed by atoms with Gasteiger partial charge in [-0.2, -0.15) is 0 Å². The summed E-state index contributed by atoms with van der Waals surface area (Å²) < 4.78 is 10.8. The standard InChI is InChI=1S/C9H25N4O3P/c1-2-13(9-17(14,15)16)8-7-12-6-5-11-4-3-10/h11-12H,2-10H2,1H3,(H2,14,15,16). The first kappa shape index (κ1) is 17.0. The number of nitrogens with zero attached hydrogens (tertiary/aromatic N) is 1. The van der Waals surface area contributed by atoms with Crippen molar-refractivity contribution in [3.63, 3.8) is 0 Å². The second kappa shape index (κ2) is 9.96. The second-order valence-electron chi connectivity index (χ2n) is 3.81. The summed E-state index contributed by atoms with van der Waals surface area (Å²) in [6, 6.07) is 0. The highest BCUT2D eigenvalue weighted by Crippen LogP contribution is 2.34. The van der Waals surface area contributed by atoms with Crippen molar-refractivity contribution < 1.29 is 14.4 Å². The van der Waals surface area contributed by atoms with Crippen molar-refractivity contribution in [1.29, 1.82) is 0 Å². The van der Waals surface area contributed by atoms with Crippen LogP contribution in [0.25, 0.3) is 0 Å². The van der Waals surface area contributed by atoms with Gasteiger partial charge in [0.1, 0.15) is 6.29 Å². The van der Waals surface area contributed by atoms with Crippen molar-refractivity contribution in [2.75, 3.05) is 52.1 Å². The van der Waals surface area contributed by atoms with E-state index in [9.17, 15) is 4.57 Å². The van der Waals surface area contributed by atoms with E-state index in [1.807, 2.05) is 6.92 Å². The maximum atomic E-state index is 10.8. The molecule has 0 amide bonds. The first-order valence-corrected chi connectivity index (χ1v) is 7.67. The number of nitrogens with one attached hydrogen (secondary N) is 2. The van der Waals surface area contributed by atoms with E-state index >= 15 is 0 Å². The van der Waals surface area contributed by atoms with Gasteiger partial charge in [0.15, 0.2) is 0 Å². The van der Waals surface area contributed by atoms with Gasteiger partial charge in [0.05, 0.1) is 0 Å². The van der Waals surface area contributed by atoms with Crippen LogP contribution >= 0.6 is 7.60 Å². The molecule has 8 heteroatoms. The van der Waals surface area contributed by atoms with E-state index < -0.39 is 7.60 Å². The smallest absolute Gasteiger partial charge is 0.329 e. The van der Waals surface area contributed by atoms with Crippen LogP contribution in [0.15, 0.2) is 0 Å². The molecule has 0 saturated carbocycles. The van der Waals surface area contributed by atoms with Gasteiger partial charge in [-0.25, -0.2) is 0 Å². The minimum absolute atomic E-state index is 0.170. The van der Waals surface area contributed by atoms with Crippen LogP contribution in [0.3, 0.4) is 0 Å². The second-order valence-corrected chi connectivity index (χ2v) is 5.42. The Kier molecular flexibility index (Phi) is 9.96. The van der Waals surface area contributed by atoms with E-state index in [-0.39, 0.29) is 6.29 Å². The third-order valence-corrected chi connectivity index (χ3v) is 3.00. The molecule has 0 aliphatic rings. The number of hydrogen-bond acceptors (Lipinski definition) is 5. The predicted molar refractivity (Wildman–Crippen MR) is 69.0 cm³/mol. The van der Waals surface area contributed by atoms with Crippen LogP contribution in [0.1, 0.15) is 6.92 Å². The number of rotatable bonds is 11. The monoisotopic (exact) mass is 268 g/mol. The highest BCUT2D eigenvalue weighted by Gasteiger charge is 2.17. The normalized spacial score (nSPS) is 12.3. The van der Waals surface area contributed by atoms with Gasteiger partial charge in [0.2, 0.25) is 0 Å².